The Balaban J connectivity index is 0.000000826. The number of ether oxygens (including phenoxy) is 2. The maximum atomic E-state index is 5.78. The summed E-state index contributed by atoms with van der Waals surface area (Å²) in [4.78, 5) is 0. The van der Waals surface area contributed by atoms with E-state index in [1.54, 1.807) is 14.2 Å². The van der Waals surface area contributed by atoms with Crippen LogP contribution in [0, 0.1) is 53.9 Å². The van der Waals surface area contributed by atoms with Gasteiger partial charge in [-0.05, 0) is 147 Å². The second-order valence-electron chi connectivity index (χ2n) is 12.5. The Morgan fingerprint density at radius 1 is 0.551 bits per heavy atom. The van der Waals surface area contributed by atoms with E-state index in [4.69, 9.17) is 9.47 Å². The van der Waals surface area contributed by atoms with Gasteiger partial charge in [-0.1, -0.05) is 98.0 Å². The average molecular weight is 727 g/mol. The van der Waals surface area contributed by atoms with Gasteiger partial charge in [-0.25, -0.2) is 0 Å². The van der Waals surface area contributed by atoms with Crippen molar-refractivity contribution in [1.29, 1.82) is 0 Å². The number of hydrogen-bond donors (Lipinski definition) is 0. The van der Waals surface area contributed by atoms with E-state index in [1.165, 1.54) is 65.8 Å². The molecule has 2 aliphatic rings. The third-order valence-electron chi connectivity index (χ3n) is 9.02. The van der Waals surface area contributed by atoms with E-state index in [-0.39, 0.29) is 17.1 Å². The fraction of sp³-hybridized carbons (Fsp3) is 0.227. The van der Waals surface area contributed by atoms with Gasteiger partial charge in [0.15, 0.2) is 0 Å². The van der Waals surface area contributed by atoms with Crippen molar-refractivity contribution in [2.24, 2.45) is 0 Å². The molecule has 2 aliphatic carbocycles. The van der Waals surface area contributed by atoms with Crippen molar-refractivity contribution in [3.8, 4) is 11.5 Å². The summed E-state index contributed by atoms with van der Waals surface area (Å²) in [5.74, 6) is 3.39. The number of rotatable bonds is 9. The molecule has 0 saturated heterocycles. The zero-order valence-electron chi connectivity index (χ0n) is 30.2. The first-order chi connectivity index (χ1) is 23.2. The normalized spacial score (nSPS) is 14.1. The summed E-state index contributed by atoms with van der Waals surface area (Å²) >= 11 is 0. The molecular weight excluding hydrogens is 678 g/mol. The van der Waals surface area contributed by atoms with Crippen LogP contribution in [0.25, 0.3) is 0 Å². The SMILES string of the molecule is COc1c(C)cc(P(C2=CC=C[C]2[C@H](C)P(c2ccccc2C)c2ccccc2C)c2cc(C)c(OC)c(C)c2)cc1C.[CH]1C=CC=C1.[Fe]. The Bertz CT molecular complexity index is 1720. The maximum absolute atomic E-state index is 5.78. The predicted octanol–water partition coefficient (Wildman–Crippen LogP) is 9.85. The van der Waals surface area contributed by atoms with E-state index in [0.29, 0.717) is 5.66 Å². The third-order valence-corrected chi connectivity index (χ3v) is 14.6. The van der Waals surface area contributed by atoms with Gasteiger partial charge in [0.05, 0.1) is 14.2 Å². The van der Waals surface area contributed by atoms with Gasteiger partial charge in [-0.2, -0.15) is 0 Å². The molecular formula is C44H48FeO2P2. The first-order valence-corrected chi connectivity index (χ1v) is 19.3. The van der Waals surface area contributed by atoms with Gasteiger partial charge in [0.2, 0.25) is 0 Å². The molecule has 0 aliphatic heterocycles. The molecule has 254 valence electrons. The van der Waals surface area contributed by atoms with Crippen LogP contribution in [-0.2, 0) is 17.1 Å². The molecule has 49 heavy (non-hydrogen) atoms. The molecule has 0 amide bonds. The molecule has 5 heteroatoms. The van der Waals surface area contributed by atoms with Crippen molar-refractivity contribution in [3.63, 3.8) is 0 Å². The minimum Gasteiger partial charge on any atom is -0.496 e. The van der Waals surface area contributed by atoms with Crippen LogP contribution in [-0.4, -0.2) is 19.9 Å². The minimum atomic E-state index is -0.840. The monoisotopic (exact) mass is 726 g/mol. The summed E-state index contributed by atoms with van der Waals surface area (Å²) in [6.45, 7) is 15.6. The molecule has 0 saturated carbocycles. The molecule has 6 rings (SSSR count). The van der Waals surface area contributed by atoms with Crippen LogP contribution in [0.4, 0.5) is 0 Å². The summed E-state index contributed by atoms with van der Waals surface area (Å²) in [7, 11) is 2.04. The maximum Gasteiger partial charge on any atom is 0.124 e. The van der Waals surface area contributed by atoms with Crippen LogP contribution in [0.1, 0.15) is 40.3 Å². The van der Waals surface area contributed by atoms with E-state index in [9.17, 15) is 0 Å². The van der Waals surface area contributed by atoms with Gasteiger partial charge < -0.3 is 9.47 Å². The van der Waals surface area contributed by atoms with Crippen molar-refractivity contribution in [3.05, 3.63) is 166 Å². The predicted molar refractivity (Wildman–Crippen MR) is 212 cm³/mol. The van der Waals surface area contributed by atoms with E-state index < -0.39 is 15.8 Å². The van der Waals surface area contributed by atoms with Crippen molar-refractivity contribution in [2.75, 3.05) is 14.2 Å². The second-order valence-corrected chi connectivity index (χ2v) is 17.2. The quantitative estimate of drug-likeness (QED) is 0.126. The van der Waals surface area contributed by atoms with Gasteiger partial charge >= 0.3 is 0 Å². The van der Waals surface area contributed by atoms with Gasteiger partial charge in [0.1, 0.15) is 11.5 Å². The zero-order chi connectivity index (χ0) is 34.4. The van der Waals surface area contributed by atoms with Crippen LogP contribution in [0.2, 0.25) is 0 Å². The third kappa shape index (κ3) is 8.59. The van der Waals surface area contributed by atoms with E-state index in [0.717, 1.165) is 11.5 Å². The second kappa shape index (κ2) is 17.7. The van der Waals surface area contributed by atoms with Crippen molar-refractivity contribution in [2.45, 2.75) is 54.1 Å². The summed E-state index contributed by atoms with van der Waals surface area (Å²) in [6, 6.07) is 27.3. The Morgan fingerprint density at radius 2 is 0.980 bits per heavy atom. The van der Waals surface area contributed by atoms with Crippen molar-refractivity contribution in [1.82, 2.24) is 0 Å². The smallest absolute Gasteiger partial charge is 0.124 e. The van der Waals surface area contributed by atoms with Crippen LogP contribution < -0.4 is 30.7 Å². The average Bonchev–Trinajstić information content (AvgIpc) is 3.79. The van der Waals surface area contributed by atoms with Crippen LogP contribution in [0.15, 0.2) is 121 Å². The summed E-state index contributed by atoms with van der Waals surface area (Å²) in [6.07, 6.45) is 17.0. The molecule has 0 aromatic heterocycles. The largest absolute Gasteiger partial charge is 0.496 e. The van der Waals surface area contributed by atoms with Crippen LogP contribution >= 0.6 is 15.8 Å². The molecule has 4 aromatic rings. The first-order valence-electron chi connectivity index (χ1n) is 16.6. The molecule has 0 bridgehead atoms. The number of benzene rings is 4. The Kier molecular flexibility index (Phi) is 13.9. The Hall–Kier alpha value is -3.18. The summed E-state index contributed by atoms with van der Waals surface area (Å²) in [5, 5.41) is 7.06. The molecule has 0 fully saturated rings. The van der Waals surface area contributed by atoms with E-state index in [2.05, 4.69) is 139 Å². The van der Waals surface area contributed by atoms with Crippen molar-refractivity contribution >= 4 is 37.1 Å². The Morgan fingerprint density at radius 3 is 1.35 bits per heavy atom. The summed E-state index contributed by atoms with van der Waals surface area (Å²) in [5.41, 5.74) is 7.76. The first kappa shape index (κ1) is 38.6. The standard InChI is InChI=1S/C39H43O2P2.C5H5.Fe/c1-25-15-10-12-18-35(25)42(36-19-13-11-16-26(36)2)31(7)34-17-14-20-37(34)43(32-21-27(3)38(40-8)28(4)22-32)33-23-29(5)39(41-9)30(6)24-33;1-2-4-5-3-1;/h10-24,31H,1-9H3;1-5H;/t31-;;/m0../s1. The molecule has 0 unspecified atom stereocenters. The molecule has 2 radical (unpaired) electrons. The fourth-order valence-corrected chi connectivity index (χ4v) is 12.8. The fourth-order valence-electron chi connectivity index (χ4n) is 6.84. The van der Waals surface area contributed by atoms with Crippen molar-refractivity contribution < 1.29 is 26.5 Å². The van der Waals surface area contributed by atoms with Crippen LogP contribution in [0.5, 0.6) is 11.5 Å². The summed E-state index contributed by atoms with van der Waals surface area (Å²) < 4.78 is 11.6. The molecule has 0 N–H and O–H groups in total. The minimum absolute atomic E-state index is 0. The number of allylic oxidation sites excluding steroid dienone is 8. The molecule has 0 spiro atoms. The number of hydrogen-bond acceptors (Lipinski definition) is 2. The van der Waals surface area contributed by atoms with Gasteiger partial charge in [0.25, 0.3) is 0 Å². The molecule has 4 aromatic carbocycles. The zero-order valence-corrected chi connectivity index (χ0v) is 33.1. The van der Waals surface area contributed by atoms with Gasteiger partial charge in [-0.3, -0.25) is 0 Å². The molecule has 1 atom stereocenters. The van der Waals surface area contributed by atoms with Gasteiger partial charge in [0, 0.05) is 29.4 Å². The Labute approximate surface area is 308 Å². The molecule has 2 nitrogen and oxygen atoms in total. The van der Waals surface area contributed by atoms with Gasteiger partial charge in [-0.15, -0.1) is 0 Å². The number of aryl methyl sites for hydroxylation is 6. The van der Waals surface area contributed by atoms with E-state index >= 15 is 0 Å². The van der Waals surface area contributed by atoms with E-state index in [1.807, 2.05) is 30.7 Å². The molecule has 0 heterocycles. The topological polar surface area (TPSA) is 18.5 Å². The number of methoxy groups -OCH3 is 2. The van der Waals surface area contributed by atoms with Crippen LogP contribution in [0.3, 0.4) is 0 Å².